The average Bonchev–Trinajstić information content (AvgIpc) is 3.00. The van der Waals surface area contributed by atoms with Gasteiger partial charge in [-0.05, 0) is 6.42 Å². The monoisotopic (exact) mass is 466 g/mol. The van der Waals surface area contributed by atoms with Crippen molar-refractivity contribution in [1.82, 2.24) is 20.9 Å². The molecule has 0 bridgehead atoms. The Hall–Kier alpha value is -1.15. The van der Waals surface area contributed by atoms with Gasteiger partial charge < -0.3 is 20.9 Å². The van der Waals surface area contributed by atoms with Gasteiger partial charge in [-0.3, -0.25) is 29.5 Å². The molecule has 4 amide bonds. The van der Waals surface area contributed by atoms with E-state index in [1.54, 1.807) is 4.90 Å². The van der Waals surface area contributed by atoms with Crippen LogP contribution < -0.4 is 26.2 Å². The summed E-state index contributed by atoms with van der Waals surface area (Å²) in [5, 5.41) is 18.7. The van der Waals surface area contributed by atoms with E-state index in [4.69, 9.17) is 10.3 Å². The number of nitrogens with one attached hydrogen (secondary N) is 3. The molecule has 1 rings (SSSR count). The molecule has 0 aromatic rings. The van der Waals surface area contributed by atoms with Crippen LogP contribution in [0.2, 0.25) is 0 Å². The summed E-state index contributed by atoms with van der Waals surface area (Å²) in [6.45, 7) is 1.58. The number of rotatable bonds is 14. The highest BCUT2D eigenvalue weighted by atomic mass is 32.2. The lowest BCUT2D eigenvalue weighted by atomic mass is 10.1. The molecule has 166 valence electrons. The Kier molecular flexibility index (Phi) is 13.2. The highest BCUT2D eigenvalue weighted by molar-refractivity contribution is 7.97. The van der Waals surface area contributed by atoms with Crippen molar-refractivity contribution in [2.45, 2.75) is 37.0 Å². The van der Waals surface area contributed by atoms with Gasteiger partial charge in [-0.1, -0.05) is 23.9 Å². The molecule has 2 unspecified atom stereocenters. The fourth-order valence-corrected chi connectivity index (χ4v) is 3.50. The van der Waals surface area contributed by atoms with Gasteiger partial charge in [0.25, 0.3) is 0 Å². The fourth-order valence-electron chi connectivity index (χ4n) is 2.71. The Bertz CT molecular complexity index is 569. The number of amides is 4. The van der Waals surface area contributed by atoms with Gasteiger partial charge in [-0.15, -0.1) is 0 Å². The van der Waals surface area contributed by atoms with Gasteiger partial charge in [-0.25, -0.2) is 0 Å². The van der Waals surface area contributed by atoms with Crippen molar-refractivity contribution in [2.75, 3.05) is 37.7 Å². The number of nitrogens with two attached hydrogens (primary N) is 2. The summed E-state index contributed by atoms with van der Waals surface area (Å²) in [5.74, 6) is 0.154. The number of hydrogen-bond donors (Lipinski definition) is 6. The molecule has 1 fully saturated rings. The van der Waals surface area contributed by atoms with Crippen LogP contribution in [0, 0.1) is 0 Å². The van der Waals surface area contributed by atoms with Crippen LogP contribution >= 0.6 is 36.5 Å². The number of thiol groups is 1. The minimum Gasteiger partial charge on any atom is -0.355 e. The number of nitrogens with zero attached hydrogens (tertiary/aromatic N) is 1. The van der Waals surface area contributed by atoms with Gasteiger partial charge in [0.2, 0.25) is 23.6 Å². The molecular formula is C16H30N6O4S3. The molecule has 0 spiro atoms. The molecule has 13 heteroatoms. The van der Waals surface area contributed by atoms with Crippen molar-refractivity contribution in [2.24, 2.45) is 10.3 Å². The molecule has 0 aliphatic carbocycles. The molecule has 10 nitrogen and oxygen atoms in total. The summed E-state index contributed by atoms with van der Waals surface area (Å²) < 4.78 is 0. The van der Waals surface area contributed by atoms with Crippen molar-refractivity contribution in [3.63, 3.8) is 0 Å². The Balaban J connectivity index is 2.50. The van der Waals surface area contributed by atoms with Crippen LogP contribution in [-0.4, -0.2) is 77.5 Å². The third kappa shape index (κ3) is 11.0. The molecule has 0 aromatic heterocycles. The van der Waals surface area contributed by atoms with Crippen molar-refractivity contribution < 1.29 is 19.2 Å². The minimum absolute atomic E-state index is 0.0133. The summed E-state index contributed by atoms with van der Waals surface area (Å²) in [7, 11) is 0. The minimum atomic E-state index is -0.841. The lowest BCUT2D eigenvalue weighted by molar-refractivity contribution is -0.131. The smallest absolute Gasteiger partial charge is 0.242 e. The highest BCUT2D eigenvalue weighted by Gasteiger charge is 2.28. The van der Waals surface area contributed by atoms with E-state index in [0.717, 1.165) is 23.9 Å². The average molecular weight is 467 g/mol. The van der Waals surface area contributed by atoms with Gasteiger partial charge in [0.15, 0.2) is 0 Å². The largest absolute Gasteiger partial charge is 0.355 e. The Morgan fingerprint density at radius 3 is 2.34 bits per heavy atom. The van der Waals surface area contributed by atoms with E-state index in [9.17, 15) is 19.2 Å². The Morgan fingerprint density at radius 1 is 1.10 bits per heavy atom. The zero-order chi connectivity index (χ0) is 21.6. The maximum Gasteiger partial charge on any atom is 0.242 e. The Morgan fingerprint density at radius 2 is 1.76 bits per heavy atom. The predicted molar refractivity (Wildman–Crippen MR) is 119 cm³/mol. The van der Waals surface area contributed by atoms with Crippen molar-refractivity contribution in [3.8, 4) is 0 Å². The molecule has 7 N–H and O–H groups in total. The molecule has 29 heavy (non-hydrogen) atoms. The first-order chi connectivity index (χ1) is 13.9. The molecule has 1 heterocycles. The van der Waals surface area contributed by atoms with E-state index >= 15 is 0 Å². The van der Waals surface area contributed by atoms with Gasteiger partial charge in [0, 0.05) is 62.2 Å². The first-order valence-corrected chi connectivity index (χ1v) is 11.9. The predicted octanol–water partition coefficient (Wildman–Crippen LogP) is -1.38. The van der Waals surface area contributed by atoms with Crippen LogP contribution in [0.3, 0.4) is 0 Å². The second-order valence-corrected chi connectivity index (χ2v) is 8.70. The van der Waals surface area contributed by atoms with Crippen LogP contribution in [0.15, 0.2) is 0 Å². The van der Waals surface area contributed by atoms with Gasteiger partial charge >= 0.3 is 0 Å². The second-order valence-electron chi connectivity index (χ2n) is 6.49. The van der Waals surface area contributed by atoms with Crippen LogP contribution in [-0.2, 0) is 19.2 Å². The van der Waals surface area contributed by atoms with E-state index < -0.39 is 6.04 Å². The number of hydrogen-bond acceptors (Lipinski definition) is 9. The molecule has 2 atom stereocenters. The Labute approximate surface area is 185 Å². The SMILES string of the molecule is NSCCNC(=O)CCC(NC(=O)CCN1CC(S)CC1=O)C(=O)NCCSN. The maximum atomic E-state index is 12.4. The van der Waals surface area contributed by atoms with E-state index in [1.165, 1.54) is 0 Å². The van der Waals surface area contributed by atoms with Crippen LogP contribution in [0.5, 0.6) is 0 Å². The topological polar surface area (TPSA) is 160 Å². The number of likely N-dealkylation sites (tertiary alicyclic amines) is 1. The van der Waals surface area contributed by atoms with Gasteiger partial charge in [0.05, 0.1) is 0 Å². The van der Waals surface area contributed by atoms with Crippen LogP contribution in [0.4, 0.5) is 0 Å². The fraction of sp³-hybridized carbons (Fsp3) is 0.750. The molecule has 1 saturated heterocycles. The summed E-state index contributed by atoms with van der Waals surface area (Å²) >= 11 is 6.51. The summed E-state index contributed by atoms with van der Waals surface area (Å²) in [6, 6.07) is -0.841. The summed E-state index contributed by atoms with van der Waals surface area (Å²) in [4.78, 5) is 49.9. The number of carbonyl (C=O) groups is 4. The zero-order valence-electron chi connectivity index (χ0n) is 16.2. The number of carbonyl (C=O) groups excluding carboxylic acids is 4. The third-order valence-electron chi connectivity index (χ3n) is 4.18. The standard InChI is InChI=1S/C16H30N6O4S3/c17-28-7-4-19-13(23)2-1-12(16(26)20-5-8-29-18)21-14(24)3-6-22-10-11(27)9-15(22)25/h11-12,27H,1-10,17-18H2,(H,19,23)(H,20,26)(H,21,24). The van der Waals surface area contributed by atoms with Crippen LogP contribution in [0.1, 0.15) is 25.7 Å². The second kappa shape index (κ2) is 14.8. The van der Waals surface area contributed by atoms with Crippen molar-refractivity contribution >= 4 is 60.2 Å². The quantitative estimate of drug-likeness (QED) is 0.104. The summed E-state index contributed by atoms with van der Waals surface area (Å²) in [6.07, 6.45) is 0.697. The maximum absolute atomic E-state index is 12.4. The molecule has 1 aliphatic rings. The van der Waals surface area contributed by atoms with Crippen molar-refractivity contribution in [3.05, 3.63) is 0 Å². The van der Waals surface area contributed by atoms with Crippen LogP contribution in [0.25, 0.3) is 0 Å². The van der Waals surface area contributed by atoms with E-state index in [-0.39, 0.29) is 54.7 Å². The third-order valence-corrected chi connectivity index (χ3v) is 5.40. The first kappa shape index (κ1) is 25.9. The van der Waals surface area contributed by atoms with Gasteiger partial charge in [-0.2, -0.15) is 12.6 Å². The lowest BCUT2D eigenvalue weighted by Crippen LogP contribution is -2.48. The van der Waals surface area contributed by atoms with E-state index in [2.05, 4.69) is 28.6 Å². The normalized spacial score (nSPS) is 17.1. The van der Waals surface area contributed by atoms with E-state index in [1.807, 2.05) is 0 Å². The zero-order valence-corrected chi connectivity index (χ0v) is 18.8. The molecule has 0 aromatic carbocycles. The molecule has 1 aliphatic heterocycles. The molecular weight excluding hydrogens is 436 g/mol. The molecule has 0 radical (unpaired) electrons. The molecule has 0 saturated carbocycles. The highest BCUT2D eigenvalue weighted by Crippen LogP contribution is 2.15. The summed E-state index contributed by atoms with van der Waals surface area (Å²) in [5.41, 5.74) is 0. The lowest BCUT2D eigenvalue weighted by Gasteiger charge is -2.20. The first-order valence-electron chi connectivity index (χ1n) is 9.30. The van der Waals surface area contributed by atoms with Crippen molar-refractivity contribution in [1.29, 1.82) is 0 Å². The van der Waals surface area contributed by atoms with Gasteiger partial charge in [0.1, 0.15) is 6.04 Å². The van der Waals surface area contributed by atoms with E-state index in [0.29, 0.717) is 37.6 Å².